The lowest BCUT2D eigenvalue weighted by atomic mass is 10.1. The number of furan rings is 1. The van der Waals surface area contributed by atoms with Crippen LogP contribution in [-0.4, -0.2) is 24.5 Å². The van der Waals surface area contributed by atoms with E-state index in [1.807, 2.05) is 24.3 Å². The van der Waals surface area contributed by atoms with Gasteiger partial charge < -0.3 is 19.4 Å². The summed E-state index contributed by atoms with van der Waals surface area (Å²) in [6.45, 7) is 2.27. The van der Waals surface area contributed by atoms with Gasteiger partial charge in [0.1, 0.15) is 18.2 Å². The third-order valence-electron chi connectivity index (χ3n) is 4.90. The van der Waals surface area contributed by atoms with E-state index in [0.29, 0.717) is 17.7 Å². The van der Waals surface area contributed by atoms with E-state index in [1.54, 1.807) is 17.9 Å². The summed E-state index contributed by atoms with van der Waals surface area (Å²) in [6.07, 6.45) is 1.80. The van der Waals surface area contributed by atoms with Gasteiger partial charge in [-0.25, -0.2) is 4.39 Å². The molecule has 0 spiro atoms. The first-order valence-corrected chi connectivity index (χ1v) is 9.65. The predicted molar refractivity (Wildman–Crippen MR) is 109 cm³/mol. The maximum atomic E-state index is 13.0. The minimum absolute atomic E-state index is 0.00942. The van der Waals surface area contributed by atoms with Crippen molar-refractivity contribution in [3.05, 3.63) is 83.6 Å². The Morgan fingerprint density at radius 3 is 2.77 bits per heavy atom. The van der Waals surface area contributed by atoms with Crippen LogP contribution in [0.2, 0.25) is 0 Å². The molecule has 1 aliphatic heterocycles. The van der Waals surface area contributed by atoms with Gasteiger partial charge in [0.2, 0.25) is 5.91 Å². The number of benzene rings is 2. The number of para-hydroxylation sites is 1. The van der Waals surface area contributed by atoms with Crippen LogP contribution < -0.4 is 15.0 Å². The van der Waals surface area contributed by atoms with E-state index >= 15 is 0 Å². The van der Waals surface area contributed by atoms with Crippen molar-refractivity contribution in [3.8, 4) is 5.75 Å². The van der Waals surface area contributed by atoms with Crippen molar-refractivity contribution in [1.82, 2.24) is 5.32 Å². The maximum Gasteiger partial charge on any atom is 0.287 e. The van der Waals surface area contributed by atoms with Crippen molar-refractivity contribution >= 4 is 17.5 Å². The summed E-state index contributed by atoms with van der Waals surface area (Å²) < 4.78 is 23.9. The summed E-state index contributed by atoms with van der Waals surface area (Å²) in [5.74, 6) is -0.0497. The highest BCUT2D eigenvalue weighted by Crippen LogP contribution is 2.30. The fourth-order valence-corrected chi connectivity index (χ4v) is 3.40. The molecule has 6 nitrogen and oxygen atoms in total. The van der Waals surface area contributed by atoms with E-state index in [2.05, 4.69) is 5.32 Å². The maximum absolute atomic E-state index is 13.0. The molecule has 3 aromatic rings. The van der Waals surface area contributed by atoms with Crippen LogP contribution >= 0.6 is 0 Å². The lowest BCUT2D eigenvalue weighted by Gasteiger charge is -2.18. The summed E-state index contributed by atoms with van der Waals surface area (Å²) in [4.78, 5) is 26.8. The zero-order valence-corrected chi connectivity index (χ0v) is 16.4. The van der Waals surface area contributed by atoms with E-state index < -0.39 is 0 Å². The first-order valence-electron chi connectivity index (χ1n) is 9.65. The van der Waals surface area contributed by atoms with Crippen molar-refractivity contribution in [1.29, 1.82) is 0 Å². The number of nitrogens with zero attached hydrogens (tertiary/aromatic N) is 1. The van der Waals surface area contributed by atoms with Gasteiger partial charge in [0.15, 0.2) is 5.76 Å². The summed E-state index contributed by atoms with van der Waals surface area (Å²) in [5, 5.41) is 2.82. The molecule has 2 aromatic carbocycles. The number of halogens is 1. The highest BCUT2D eigenvalue weighted by Gasteiger charge is 2.29. The van der Waals surface area contributed by atoms with Gasteiger partial charge in [0.25, 0.3) is 5.91 Å². The summed E-state index contributed by atoms with van der Waals surface area (Å²) in [6, 6.07) is 14.7. The monoisotopic (exact) mass is 408 g/mol. The molecule has 0 radical (unpaired) electrons. The number of hydrogen-bond donors (Lipinski definition) is 1. The number of nitrogens with one attached hydrogen (secondary N) is 1. The number of carbonyl (C=O) groups excluding carboxylic acids is 2. The largest absolute Gasteiger partial charge is 0.491 e. The molecule has 1 N–H and O–H groups in total. The molecular formula is C23H21FN2O4. The lowest BCUT2D eigenvalue weighted by molar-refractivity contribution is -0.117. The molecule has 154 valence electrons. The number of carbonyl (C=O) groups is 2. The molecule has 2 heterocycles. The molecule has 0 saturated carbocycles. The molecule has 1 unspecified atom stereocenters. The fraction of sp³-hybridized carbons (Fsp3) is 0.217. The number of rotatable bonds is 7. The Morgan fingerprint density at radius 1 is 1.20 bits per heavy atom. The van der Waals surface area contributed by atoms with Gasteiger partial charge in [-0.3, -0.25) is 9.59 Å². The van der Waals surface area contributed by atoms with Crippen LogP contribution in [0.3, 0.4) is 0 Å². The van der Waals surface area contributed by atoms with E-state index in [4.69, 9.17) is 9.15 Å². The van der Waals surface area contributed by atoms with Crippen LogP contribution in [0.4, 0.5) is 10.1 Å². The first kappa shape index (κ1) is 19.7. The second kappa shape index (κ2) is 8.41. The molecule has 1 aromatic heterocycles. The summed E-state index contributed by atoms with van der Waals surface area (Å²) in [7, 11) is 0. The minimum Gasteiger partial charge on any atom is -0.491 e. The van der Waals surface area contributed by atoms with Crippen LogP contribution in [0.5, 0.6) is 5.75 Å². The second-order valence-corrected chi connectivity index (χ2v) is 7.20. The number of fused-ring (bicyclic) bond motifs is 1. The van der Waals surface area contributed by atoms with Gasteiger partial charge in [-0.2, -0.15) is 0 Å². The Hall–Kier alpha value is -3.61. The summed E-state index contributed by atoms with van der Waals surface area (Å²) >= 11 is 0. The number of amides is 2. The smallest absolute Gasteiger partial charge is 0.287 e. The molecule has 7 heteroatoms. The predicted octanol–water partition coefficient (Wildman–Crippen LogP) is 3.71. The van der Waals surface area contributed by atoms with Gasteiger partial charge in [0, 0.05) is 11.3 Å². The van der Waals surface area contributed by atoms with Crippen LogP contribution in [-0.2, 0) is 17.8 Å². The average molecular weight is 408 g/mol. The van der Waals surface area contributed by atoms with Gasteiger partial charge in [0.05, 0.1) is 25.3 Å². The zero-order valence-electron chi connectivity index (χ0n) is 16.4. The number of hydrogen-bond acceptors (Lipinski definition) is 4. The molecule has 0 bridgehead atoms. The van der Waals surface area contributed by atoms with Crippen molar-refractivity contribution < 1.29 is 23.1 Å². The van der Waals surface area contributed by atoms with Gasteiger partial charge >= 0.3 is 0 Å². The highest BCUT2D eigenvalue weighted by molar-refractivity contribution is 6.01. The molecule has 0 fully saturated rings. The Labute approximate surface area is 173 Å². The highest BCUT2D eigenvalue weighted by atomic mass is 19.1. The van der Waals surface area contributed by atoms with E-state index in [-0.39, 0.29) is 42.6 Å². The van der Waals surface area contributed by atoms with Gasteiger partial charge in [-0.05, 0) is 48.9 Å². The first-order chi connectivity index (χ1) is 14.5. The molecule has 0 aliphatic carbocycles. The lowest BCUT2D eigenvalue weighted by Crippen LogP contribution is -2.37. The fourth-order valence-electron chi connectivity index (χ4n) is 3.40. The normalized spacial score (nSPS) is 13.8. The standard InChI is InChI=1S/C23H21FN2O4/c1-15(14-30-19-8-6-18(24)7-9-19)25-23(28)22-17(10-11-29-22)13-26-20-5-3-2-4-16(20)12-21(26)27/h2-11,15H,12-14H2,1H3,(H,25,28). The molecule has 1 atom stereocenters. The molecular weight excluding hydrogens is 387 g/mol. The number of ether oxygens (including phenoxy) is 1. The SMILES string of the molecule is CC(COc1ccc(F)cc1)NC(=O)c1occc1CN1C(=O)Cc2ccccc21. The zero-order chi connectivity index (χ0) is 21.1. The Kier molecular flexibility index (Phi) is 5.52. The Bertz CT molecular complexity index is 1060. The third kappa shape index (κ3) is 4.20. The van der Waals surface area contributed by atoms with E-state index in [1.165, 1.54) is 30.5 Å². The van der Waals surface area contributed by atoms with Gasteiger partial charge in [-0.1, -0.05) is 18.2 Å². The van der Waals surface area contributed by atoms with Crippen molar-refractivity contribution in [3.63, 3.8) is 0 Å². The van der Waals surface area contributed by atoms with Crippen LogP contribution in [0.25, 0.3) is 0 Å². The Morgan fingerprint density at radius 2 is 1.97 bits per heavy atom. The number of anilines is 1. The minimum atomic E-state index is -0.384. The van der Waals surface area contributed by atoms with Crippen molar-refractivity contribution in [2.45, 2.75) is 25.9 Å². The molecule has 30 heavy (non-hydrogen) atoms. The van der Waals surface area contributed by atoms with Crippen LogP contribution in [0.15, 0.2) is 65.3 Å². The molecule has 1 aliphatic rings. The van der Waals surface area contributed by atoms with E-state index in [0.717, 1.165) is 11.3 Å². The van der Waals surface area contributed by atoms with Crippen LogP contribution in [0.1, 0.15) is 28.6 Å². The van der Waals surface area contributed by atoms with E-state index in [9.17, 15) is 14.0 Å². The topological polar surface area (TPSA) is 71.8 Å². The summed E-state index contributed by atoms with van der Waals surface area (Å²) in [5.41, 5.74) is 2.46. The second-order valence-electron chi connectivity index (χ2n) is 7.20. The van der Waals surface area contributed by atoms with Crippen molar-refractivity contribution in [2.24, 2.45) is 0 Å². The third-order valence-corrected chi connectivity index (χ3v) is 4.90. The molecule has 0 saturated heterocycles. The molecule has 4 rings (SSSR count). The quantitative estimate of drug-likeness (QED) is 0.647. The van der Waals surface area contributed by atoms with Crippen LogP contribution in [0, 0.1) is 5.82 Å². The van der Waals surface area contributed by atoms with Crippen molar-refractivity contribution in [2.75, 3.05) is 11.5 Å². The Balaban J connectivity index is 1.38. The molecule has 2 amide bonds. The van der Waals surface area contributed by atoms with Gasteiger partial charge in [-0.15, -0.1) is 0 Å². The average Bonchev–Trinajstić information content (AvgIpc) is 3.32.